The summed E-state index contributed by atoms with van der Waals surface area (Å²) in [5.74, 6) is 0.0366. The second kappa shape index (κ2) is 11.5. The summed E-state index contributed by atoms with van der Waals surface area (Å²) in [6.45, 7) is 5.04. The Morgan fingerprint density at radius 1 is 0.976 bits per heavy atom. The van der Waals surface area contributed by atoms with Gasteiger partial charge in [-0.2, -0.15) is 0 Å². The second-order valence-electron chi connectivity index (χ2n) is 11.0. The zero-order valence-electron chi connectivity index (χ0n) is 23.1. The van der Waals surface area contributed by atoms with Gasteiger partial charge in [-0.1, -0.05) is 0 Å². The number of anilines is 2. The number of carbonyl (C=O) groups excluding carboxylic acids is 2. The van der Waals surface area contributed by atoms with E-state index >= 15 is 0 Å². The molecule has 1 saturated carbocycles. The molecular formula is C29H34N6O6. The van der Waals surface area contributed by atoms with Crippen molar-refractivity contribution in [2.24, 2.45) is 5.92 Å². The molecule has 1 saturated heterocycles. The highest BCUT2D eigenvalue weighted by Gasteiger charge is 2.27. The van der Waals surface area contributed by atoms with E-state index in [0.717, 1.165) is 12.8 Å². The van der Waals surface area contributed by atoms with Crippen LogP contribution in [-0.2, 0) is 6.54 Å². The van der Waals surface area contributed by atoms with Crippen molar-refractivity contribution in [3.63, 3.8) is 0 Å². The topological polar surface area (TPSA) is 155 Å². The van der Waals surface area contributed by atoms with E-state index in [9.17, 15) is 24.0 Å². The predicted octanol–water partition coefficient (Wildman–Crippen LogP) is 3.67. The Balaban J connectivity index is 1.28. The summed E-state index contributed by atoms with van der Waals surface area (Å²) in [5.41, 5.74) is 1.07. The predicted molar refractivity (Wildman–Crippen MR) is 155 cm³/mol. The number of fused-ring (bicyclic) bond motifs is 1. The molecule has 2 aromatic carbocycles. The van der Waals surface area contributed by atoms with Gasteiger partial charge in [0, 0.05) is 48.7 Å². The van der Waals surface area contributed by atoms with Gasteiger partial charge in [0.25, 0.3) is 11.5 Å². The van der Waals surface area contributed by atoms with Gasteiger partial charge in [0.15, 0.2) is 0 Å². The molecule has 2 aliphatic rings. The number of likely N-dealkylation sites (tertiary alicyclic amines) is 1. The standard InChI is InChI=1S/C29H34N6O6/c1-17(2)35-24-12-11-21(14-23(24)26(37)34(29(35)41)15-18-5-6-18)31-27(38)33-13-3-4-22(16-33)30-25(36)19-7-9-20(10-8-19)32-28(39)40/h7-12,14,17-18,22,32H,3-6,13,15-16H2,1-2H3,(H,30,36)(H,31,38)(H,39,40)/t22-/m1/s1. The molecule has 12 nitrogen and oxygen atoms in total. The van der Waals surface area contributed by atoms with E-state index in [2.05, 4.69) is 16.0 Å². The Morgan fingerprint density at radius 3 is 2.34 bits per heavy atom. The second-order valence-corrected chi connectivity index (χ2v) is 11.0. The first kappa shape index (κ1) is 27.9. The van der Waals surface area contributed by atoms with Gasteiger partial charge < -0.3 is 20.6 Å². The lowest BCUT2D eigenvalue weighted by Gasteiger charge is -2.33. The molecule has 2 fully saturated rings. The zero-order chi connectivity index (χ0) is 29.3. The summed E-state index contributed by atoms with van der Waals surface area (Å²) in [6.07, 6.45) is 2.24. The van der Waals surface area contributed by atoms with Gasteiger partial charge in [-0.15, -0.1) is 0 Å². The molecule has 1 atom stereocenters. The Morgan fingerprint density at radius 2 is 1.68 bits per heavy atom. The normalized spacial score (nSPS) is 17.0. The number of nitrogens with one attached hydrogen (secondary N) is 3. The average Bonchev–Trinajstić information content (AvgIpc) is 3.76. The van der Waals surface area contributed by atoms with Crippen molar-refractivity contribution >= 4 is 40.3 Å². The Kier molecular flexibility index (Phi) is 7.82. The van der Waals surface area contributed by atoms with Gasteiger partial charge in [0.05, 0.1) is 10.9 Å². The van der Waals surface area contributed by atoms with Crippen LogP contribution in [0.4, 0.5) is 21.0 Å². The van der Waals surface area contributed by atoms with Gasteiger partial charge in [-0.3, -0.25) is 24.0 Å². The smallest absolute Gasteiger partial charge is 0.409 e. The van der Waals surface area contributed by atoms with Crippen molar-refractivity contribution < 1.29 is 19.5 Å². The van der Waals surface area contributed by atoms with E-state index < -0.39 is 6.09 Å². The minimum Gasteiger partial charge on any atom is -0.465 e. The fraction of sp³-hybridized carbons (Fsp3) is 0.414. The molecule has 5 rings (SSSR count). The molecule has 1 aliphatic carbocycles. The number of urea groups is 1. The Labute approximate surface area is 236 Å². The van der Waals surface area contributed by atoms with Crippen molar-refractivity contribution in [2.75, 3.05) is 23.7 Å². The lowest BCUT2D eigenvalue weighted by molar-refractivity contribution is 0.0913. The van der Waals surface area contributed by atoms with Crippen molar-refractivity contribution in [3.8, 4) is 0 Å². The number of benzene rings is 2. The van der Waals surface area contributed by atoms with Gasteiger partial charge in [0.1, 0.15) is 0 Å². The monoisotopic (exact) mass is 562 g/mol. The van der Waals surface area contributed by atoms with Crippen LogP contribution in [0.25, 0.3) is 10.9 Å². The van der Waals surface area contributed by atoms with Crippen LogP contribution in [-0.4, -0.2) is 56.3 Å². The van der Waals surface area contributed by atoms with Crippen LogP contribution in [0.2, 0.25) is 0 Å². The maximum Gasteiger partial charge on any atom is 0.409 e. The molecule has 1 aliphatic heterocycles. The highest BCUT2D eigenvalue weighted by atomic mass is 16.4. The summed E-state index contributed by atoms with van der Waals surface area (Å²) in [5, 5.41) is 17.2. The quantitative estimate of drug-likeness (QED) is 0.344. The summed E-state index contributed by atoms with van der Waals surface area (Å²) in [4.78, 5) is 64.7. The molecule has 41 heavy (non-hydrogen) atoms. The number of nitrogens with zero attached hydrogens (tertiary/aromatic N) is 3. The van der Waals surface area contributed by atoms with E-state index in [1.165, 1.54) is 28.8 Å². The van der Waals surface area contributed by atoms with E-state index in [1.807, 2.05) is 13.8 Å². The van der Waals surface area contributed by atoms with E-state index in [0.29, 0.717) is 66.2 Å². The van der Waals surface area contributed by atoms with Crippen LogP contribution >= 0.6 is 0 Å². The lowest BCUT2D eigenvalue weighted by Crippen LogP contribution is -2.50. The minimum atomic E-state index is -1.19. The van der Waals surface area contributed by atoms with Crippen molar-refractivity contribution in [1.29, 1.82) is 0 Å². The average molecular weight is 563 g/mol. The molecule has 216 valence electrons. The zero-order valence-corrected chi connectivity index (χ0v) is 23.1. The highest BCUT2D eigenvalue weighted by molar-refractivity contribution is 5.95. The van der Waals surface area contributed by atoms with Crippen LogP contribution in [0.1, 0.15) is 55.9 Å². The van der Waals surface area contributed by atoms with Gasteiger partial charge in [-0.05, 0) is 87.9 Å². The molecule has 0 unspecified atom stereocenters. The SMILES string of the molecule is CC(C)n1c(=O)n(CC2CC2)c(=O)c2cc(NC(=O)N3CCC[C@@H](NC(=O)c4ccc(NC(=O)O)cc4)C3)ccc21. The van der Waals surface area contributed by atoms with Gasteiger partial charge in [0.2, 0.25) is 0 Å². The minimum absolute atomic E-state index is 0.142. The molecule has 1 aromatic heterocycles. The number of carbonyl (C=O) groups is 3. The van der Waals surface area contributed by atoms with Crippen molar-refractivity contribution in [3.05, 3.63) is 68.9 Å². The molecule has 12 heteroatoms. The third-order valence-electron chi connectivity index (χ3n) is 7.52. The Hall–Kier alpha value is -4.61. The van der Waals surface area contributed by atoms with Crippen LogP contribution in [0.5, 0.6) is 0 Å². The molecule has 3 aromatic rings. The van der Waals surface area contributed by atoms with Crippen LogP contribution in [0, 0.1) is 5.92 Å². The highest BCUT2D eigenvalue weighted by Crippen LogP contribution is 2.30. The van der Waals surface area contributed by atoms with Gasteiger partial charge >= 0.3 is 17.8 Å². The molecule has 0 bridgehead atoms. The maximum absolute atomic E-state index is 13.3. The van der Waals surface area contributed by atoms with Gasteiger partial charge in [-0.25, -0.2) is 14.4 Å². The third kappa shape index (κ3) is 6.26. The third-order valence-corrected chi connectivity index (χ3v) is 7.52. The number of carboxylic acid groups (broad SMARTS) is 1. The van der Waals surface area contributed by atoms with E-state index in [-0.39, 0.29) is 35.3 Å². The molecule has 4 amide bonds. The molecular weight excluding hydrogens is 528 g/mol. The largest absolute Gasteiger partial charge is 0.465 e. The summed E-state index contributed by atoms with van der Waals surface area (Å²) in [7, 11) is 0. The number of aromatic nitrogens is 2. The molecule has 4 N–H and O–H groups in total. The molecule has 0 spiro atoms. The fourth-order valence-corrected chi connectivity index (χ4v) is 5.26. The first-order chi connectivity index (χ1) is 19.6. The lowest BCUT2D eigenvalue weighted by atomic mass is 10.1. The maximum atomic E-state index is 13.3. The number of hydrogen-bond acceptors (Lipinski definition) is 5. The molecule has 0 radical (unpaired) electrons. The number of hydrogen-bond donors (Lipinski definition) is 4. The first-order valence-electron chi connectivity index (χ1n) is 13.9. The fourth-order valence-electron chi connectivity index (χ4n) is 5.26. The molecule has 2 heterocycles. The van der Waals surface area contributed by atoms with Crippen LogP contribution in [0.15, 0.2) is 52.1 Å². The number of piperidine rings is 1. The number of rotatable bonds is 7. The van der Waals surface area contributed by atoms with Crippen LogP contribution < -0.4 is 27.2 Å². The first-order valence-corrected chi connectivity index (χ1v) is 13.9. The summed E-state index contributed by atoms with van der Waals surface area (Å²) in [6, 6.07) is 10.4. The van der Waals surface area contributed by atoms with Crippen LogP contribution in [0.3, 0.4) is 0 Å². The summed E-state index contributed by atoms with van der Waals surface area (Å²) >= 11 is 0. The van der Waals surface area contributed by atoms with Crippen molar-refractivity contribution in [1.82, 2.24) is 19.4 Å². The number of amides is 4. The van der Waals surface area contributed by atoms with Crippen molar-refractivity contribution in [2.45, 2.75) is 58.2 Å². The van der Waals surface area contributed by atoms with E-state index in [1.54, 1.807) is 27.7 Å². The van der Waals surface area contributed by atoms with E-state index in [4.69, 9.17) is 5.11 Å². The Bertz CT molecular complexity index is 1610. The summed E-state index contributed by atoms with van der Waals surface area (Å²) < 4.78 is 2.94.